The smallest absolute Gasteiger partial charge is 0.0612 e. The quantitative estimate of drug-likeness (QED) is 0.0493. The van der Waals surface area contributed by atoms with Crippen LogP contribution in [0.15, 0.2) is 85.0 Å². The first-order valence-corrected chi connectivity index (χ1v) is 20.2. The predicted molar refractivity (Wildman–Crippen MR) is 210 cm³/mol. The van der Waals surface area contributed by atoms with Crippen molar-refractivity contribution in [1.29, 1.82) is 0 Å². The molecule has 2 rings (SSSR count). The summed E-state index contributed by atoms with van der Waals surface area (Å²) >= 11 is 15.0. The molecule has 0 fully saturated rings. The third-order valence-electron chi connectivity index (χ3n) is 9.85. The van der Waals surface area contributed by atoms with Crippen molar-refractivity contribution in [3.63, 3.8) is 0 Å². The Morgan fingerprint density at radius 2 is 0.851 bits per heavy atom. The lowest BCUT2D eigenvalue weighted by Crippen LogP contribution is -2.44. The van der Waals surface area contributed by atoms with Gasteiger partial charge in [0.2, 0.25) is 0 Å². The van der Waals surface area contributed by atoms with E-state index >= 15 is 0 Å². The Labute approximate surface area is 301 Å². The second-order valence-electron chi connectivity index (χ2n) is 13.7. The molecule has 4 atom stereocenters. The maximum absolute atomic E-state index is 7.51. The molecule has 3 heteroatoms. The van der Waals surface area contributed by atoms with Gasteiger partial charge in [0.25, 0.3) is 0 Å². The van der Waals surface area contributed by atoms with Crippen molar-refractivity contribution in [2.24, 2.45) is 0 Å². The van der Waals surface area contributed by atoms with Crippen molar-refractivity contribution in [2.75, 3.05) is 13.2 Å². The molecule has 0 bridgehead atoms. The summed E-state index contributed by atoms with van der Waals surface area (Å²) in [6, 6.07) is 21.7. The van der Waals surface area contributed by atoms with Crippen molar-refractivity contribution in [1.82, 2.24) is 0 Å². The Morgan fingerprint density at radius 3 is 1.19 bits per heavy atom. The number of allylic oxidation sites excluding steroid dienone is 2. The van der Waals surface area contributed by atoms with Gasteiger partial charge in [0.15, 0.2) is 0 Å². The normalized spacial score (nSPS) is 16.0. The molecule has 0 heterocycles. The lowest BCUT2D eigenvalue weighted by Gasteiger charge is -2.40. The molecule has 0 aliphatic carbocycles. The highest BCUT2D eigenvalue weighted by molar-refractivity contribution is 6.22. The predicted octanol–water partition coefficient (Wildman–Crippen LogP) is 14.3. The number of ether oxygens (including phenoxy) is 1. The van der Waals surface area contributed by atoms with Crippen molar-refractivity contribution < 1.29 is 4.74 Å². The summed E-state index contributed by atoms with van der Waals surface area (Å²) in [5.41, 5.74) is 1.62. The first kappa shape index (κ1) is 41.6. The number of halogens is 2. The van der Waals surface area contributed by atoms with Crippen LogP contribution < -0.4 is 0 Å². The fourth-order valence-corrected chi connectivity index (χ4v) is 7.66. The van der Waals surface area contributed by atoms with Gasteiger partial charge in [-0.25, -0.2) is 0 Å². The van der Waals surface area contributed by atoms with E-state index in [2.05, 4.69) is 113 Å². The van der Waals surface area contributed by atoms with Gasteiger partial charge in [0.05, 0.1) is 24.0 Å². The lowest BCUT2D eigenvalue weighted by atomic mass is 9.74. The molecule has 264 valence electrons. The zero-order valence-electron chi connectivity index (χ0n) is 30.5. The molecule has 2 aromatic carbocycles. The number of unbranched alkanes of at least 4 members (excludes halogenated alkanes) is 12. The molecular weight excluding hydrogens is 615 g/mol. The SMILES string of the molecule is CCC=CC(COCC(C=CCC)(c1ccccc1)C(Cl)CCCCCCCCC)(c1ccccc1)C(Cl)CCCCCCCCC. The van der Waals surface area contributed by atoms with Crippen LogP contribution in [0.1, 0.15) is 154 Å². The van der Waals surface area contributed by atoms with E-state index in [0.29, 0.717) is 13.2 Å². The molecule has 1 nitrogen and oxygen atoms in total. The fraction of sp³-hybridized carbons (Fsp3) is 0.636. The van der Waals surface area contributed by atoms with Gasteiger partial charge in [-0.3, -0.25) is 0 Å². The summed E-state index contributed by atoms with van der Waals surface area (Å²) in [7, 11) is 0. The van der Waals surface area contributed by atoms with E-state index in [1.54, 1.807) is 0 Å². The number of alkyl halides is 2. The number of hydrogen-bond donors (Lipinski definition) is 0. The Hall–Kier alpha value is -1.54. The highest BCUT2D eigenvalue weighted by Gasteiger charge is 2.41. The highest BCUT2D eigenvalue weighted by Crippen LogP contribution is 2.40. The molecule has 0 saturated heterocycles. The zero-order chi connectivity index (χ0) is 34.1. The average molecular weight is 684 g/mol. The first-order chi connectivity index (χ1) is 23.0. The molecule has 0 aliphatic heterocycles. The van der Waals surface area contributed by atoms with Gasteiger partial charge in [0, 0.05) is 10.8 Å². The molecule has 0 saturated carbocycles. The van der Waals surface area contributed by atoms with Crippen molar-refractivity contribution >= 4 is 23.2 Å². The molecule has 47 heavy (non-hydrogen) atoms. The fourth-order valence-electron chi connectivity index (χ4n) is 6.83. The summed E-state index contributed by atoms with van der Waals surface area (Å²) in [6.07, 6.45) is 31.1. The summed E-state index contributed by atoms with van der Waals surface area (Å²) in [6.45, 7) is 10.00. The minimum Gasteiger partial charge on any atom is -0.379 e. The minimum atomic E-state index is -0.418. The second kappa shape index (κ2) is 25.4. The maximum atomic E-state index is 7.51. The van der Waals surface area contributed by atoms with Crippen LogP contribution in [0, 0.1) is 0 Å². The van der Waals surface area contributed by atoms with Gasteiger partial charge >= 0.3 is 0 Å². The Bertz CT molecular complexity index is 981. The molecule has 4 unspecified atom stereocenters. The largest absolute Gasteiger partial charge is 0.379 e. The van der Waals surface area contributed by atoms with Crippen molar-refractivity contribution in [2.45, 2.75) is 165 Å². The summed E-state index contributed by atoms with van der Waals surface area (Å²) in [5.74, 6) is 0. The molecule has 0 aromatic heterocycles. The van der Waals surface area contributed by atoms with Crippen LogP contribution in [0.4, 0.5) is 0 Å². The standard InChI is InChI=1S/C44H68Cl2O/c1-5-9-13-15-17-19-27-33-41(45)43(35-11-7-3,39-29-23-21-24-30-39)37-47-38-44(36-12-8-4,40-31-25-22-26-32-40)42(46)34-28-20-18-16-14-10-6-2/h11-12,21-26,29-32,35-36,41-42H,5-10,13-20,27-28,33-34,37-38H2,1-4H3. The molecule has 0 amide bonds. The van der Waals surface area contributed by atoms with Gasteiger partial charge < -0.3 is 4.74 Å². The van der Waals surface area contributed by atoms with E-state index in [4.69, 9.17) is 27.9 Å². The van der Waals surface area contributed by atoms with E-state index in [1.807, 2.05) is 0 Å². The second-order valence-corrected chi connectivity index (χ2v) is 14.7. The Balaban J connectivity index is 2.33. The molecule has 0 N–H and O–H groups in total. The van der Waals surface area contributed by atoms with Crippen LogP contribution in [-0.4, -0.2) is 24.0 Å². The third kappa shape index (κ3) is 14.5. The van der Waals surface area contributed by atoms with Crippen LogP contribution in [0.3, 0.4) is 0 Å². The van der Waals surface area contributed by atoms with E-state index in [-0.39, 0.29) is 10.8 Å². The van der Waals surface area contributed by atoms with Crippen LogP contribution >= 0.6 is 23.2 Å². The van der Waals surface area contributed by atoms with Crippen LogP contribution in [0.5, 0.6) is 0 Å². The summed E-state index contributed by atoms with van der Waals surface area (Å²) in [4.78, 5) is 0. The minimum absolute atomic E-state index is 0.0693. The lowest BCUT2D eigenvalue weighted by molar-refractivity contribution is 0.0646. The zero-order valence-corrected chi connectivity index (χ0v) is 32.1. The van der Waals surface area contributed by atoms with Crippen molar-refractivity contribution in [3.05, 3.63) is 96.1 Å². The molecule has 0 spiro atoms. The monoisotopic (exact) mass is 682 g/mol. The van der Waals surface area contributed by atoms with Crippen molar-refractivity contribution in [3.8, 4) is 0 Å². The number of benzene rings is 2. The Kier molecular flexibility index (Phi) is 22.5. The number of rotatable bonds is 28. The topological polar surface area (TPSA) is 9.23 Å². The molecule has 0 radical (unpaired) electrons. The van der Waals surface area contributed by atoms with E-state index in [9.17, 15) is 0 Å². The van der Waals surface area contributed by atoms with Gasteiger partial charge in [0.1, 0.15) is 0 Å². The number of hydrogen-bond acceptors (Lipinski definition) is 1. The summed E-state index contributed by atoms with van der Waals surface area (Å²) in [5, 5.41) is -0.139. The van der Waals surface area contributed by atoms with Gasteiger partial charge in [-0.05, 0) is 36.8 Å². The van der Waals surface area contributed by atoms with Gasteiger partial charge in [-0.1, -0.05) is 203 Å². The third-order valence-corrected chi connectivity index (χ3v) is 11.1. The van der Waals surface area contributed by atoms with Crippen LogP contribution in [0.2, 0.25) is 0 Å². The van der Waals surface area contributed by atoms with Crippen LogP contribution in [-0.2, 0) is 15.6 Å². The van der Waals surface area contributed by atoms with Crippen LogP contribution in [0.25, 0.3) is 0 Å². The maximum Gasteiger partial charge on any atom is 0.0612 e. The van der Waals surface area contributed by atoms with E-state index in [1.165, 1.54) is 88.2 Å². The van der Waals surface area contributed by atoms with E-state index in [0.717, 1.165) is 38.5 Å². The average Bonchev–Trinajstić information content (AvgIpc) is 3.11. The van der Waals surface area contributed by atoms with Gasteiger partial charge in [-0.15, -0.1) is 23.2 Å². The molecular formula is C44H68Cl2O. The first-order valence-electron chi connectivity index (χ1n) is 19.3. The Morgan fingerprint density at radius 1 is 0.511 bits per heavy atom. The molecule has 0 aliphatic rings. The summed E-state index contributed by atoms with van der Waals surface area (Å²) < 4.78 is 6.98. The highest BCUT2D eigenvalue weighted by atomic mass is 35.5. The molecule has 2 aromatic rings. The van der Waals surface area contributed by atoms with E-state index < -0.39 is 10.8 Å². The van der Waals surface area contributed by atoms with Gasteiger partial charge in [-0.2, -0.15) is 0 Å².